The van der Waals surface area contributed by atoms with Crippen LogP contribution in [-0.2, 0) is 9.53 Å². The quantitative estimate of drug-likeness (QED) is 0.770. The molecule has 1 spiro atoms. The molecule has 9 atom stereocenters. The van der Waals surface area contributed by atoms with Gasteiger partial charge in [-0.15, -0.1) is 0 Å². The van der Waals surface area contributed by atoms with Crippen molar-refractivity contribution in [2.75, 3.05) is 6.61 Å². The molecule has 1 saturated heterocycles. The molecule has 0 aromatic carbocycles. The van der Waals surface area contributed by atoms with Gasteiger partial charge in [-0.05, 0) is 80.0 Å². The summed E-state index contributed by atoms with van der Waals surface area (Å²) >= 11 is 0. The minimum absolute atomic E-state index is 0.0637. The van der Waals surface area contributed by atoms with Crippen LogP contribution in [0.25, 0.3) is 0 Å². The summed E-state index contributed by atoms with van der Waals surface area (Å²) < 4.78 is 6.16. The van der Waals surface area contributed by atoms with E-state index in [1.54, 1.807) is 0 Å². The van der Waals surface area contributed by atoms with Gasteiger partial charge in [-0.3, -0.25) is 4.79 Å². The molecule has 1 N–H and O–H groups in total. The van der Waals surface area contributed by atoms with E-state index < -0.39 is 0 Å². The minimum Gasteiger partial charge on any atom is -0.396 e. The number of carbonyl (C=O) groups is 1. The smallest absolute Gasteiger partial charge is 0.164 e. The number of hydrogen-bond donors (Lipinski definition) is 1. The van der Waals surface area contributed by atoms with Crippen LogP contribution in [0.4, 0.5) is 0 Å². The van der Waals surface area contributed by atoms with E-state index in [2.05, 4.69) is 20.8 Å². The number of ketones is 1. The van der Waals surface area contributed by atoms with Crippen LogP contribution in [0.5, 0.6) is 0 Å². The Morgan fingerprint density at radius 1 is 1.12 bits per heavy atom. The van der Waals surface area contributed by atoms with Gasteiger partial charge in [0.2, 0.25) is 0 Å². The number of rotatable bonds is 2. The summed E-state index contributed by atoms with van der Waals surface area (Å²) in [5.74, 6) is 3.85. The second kappa shape index (κ2) is 5.10. The lowest BCUT2D eigenvalue weighted by Gasteiger charge is -2.59. The zero-order valence-corrected chi connectivity index (χ0v) is 16.1. The largest absolute Gasteiger partial charge is 0.396 e. The lowest BCUT2D eigenvalue weighted by Crippen LogP contribution is -2.58. The average molecular weight is 347 g/mol. The van der Waals surface area contributed by atoms with Crippen LogP contribution in [0.1, 0.15) is 72.1 Å². The molecule has 140 valence electrons. The number of carbonyl (C=O) groups excluding carboxylic acids is 1. The van der Waals surface area contributed by atoms with Crippen molar-refractivity contribution in [2.45, 2.75) is 83.8 Å². The number of epoxide rings is 1. The molecule has 4 aliphatic carbocycles. The SMILES string of the molecule is C[C@H](CO)[C@H]1CC[C@H]2[C@@H]3CCC45OC4C(=O)CC[C@]5(C)[C@H]3CC[C@]12C. The number of fused-ring (bicyclic) bond motifs is 4. The van der Waals surface area contributed by atoms with Crippen molar-refractivity contribution in [1.29, 1.82) is 0 Å². The van der Waals surface area contributed by atoms with E-state index in [1.165, 1.54) is 32.1 Å². The number of ether oxygens (including phenoxy) is 1. The highest BCUT2D eigenvalue weighted by Gasteiger charge is 2.76. The van der Waals surface area contributed by atoms with Crippen LogP contribution in [0, 0.1) is 40.4 Å². The lowest BCUT2D eigenvalue weighted by atomic mass is 9.44. The summed E-state index contributed by atoms with van der Waals surface area (Å²) in [7, 11) is 0. The maximum absolute atomic E-state index is 12.2. The van der Waals surface area contributed by atoms with Crippen LogP contribution in [0.15, 0.2) is 0 Å². The van der Waals surface area contributed by atoms with Gasteiger partial charge in [-0.1, -0.05) is 20.8 Å². The summed E-state index contributed by atoms with van der Waals surface area (Å²) in [6, 6.07) is 0. The van der Waals surface area contributed by atoms with Gasteiger partial charge in [-0.25, -0.2) is 0 Å². The second-order valence-corrected chi connectivity index (χ2v) is 10.6. The molecule has 2 unspecified atom stereocenters. The Hall–Kier alpha value is -0.410. The molecular weight excluding hydrogens is 312 g/mol. The van der Waals surface area contributed by atoms with Crippen molar-refractivity contribution in [3.8, 4) is 0 Å². The Kier molecular flexibility index (Phi) is 3.41. The first-order chi connectivity index (χ1) is 11.9. The normalized spacial score (nSPS) is 57.9. The molecule has 1 aliphatic heterocycles. The summed E-state index contributed by atoms with van der Waals surface area (Å²) in [5, 5.41) is 9.74. The van der Waals surface area contributed by atoms with Crippen molar-refractivity contribution >= 4 is 5.78 Å². The third-order valence-corrected chi connectivity index (χ3v) is 10.00. The van der Waals surface area contributed by atoms with Crippen LogP contribution in [0.3, 0.4) is 0 Å². The maximum atomic E-state index is 12.2. The van der Waals surface area contributed by atoms with E-state index in [-0.39, 0.29) is 17.1 Å². The Balaban J connectivity index is 1.45. The fraction of sp³-hybridized carbons (Fsp3) is 0.955. The first-order valence-electron chi connectivity index (χ1n) is 10.7. The van der Waals surface area contributed by atoms with Crippen LogP contribution < -0.4 is 0 Å². The van der Waals surface area contributed by atoms with Crippen molar-refractivity contribution in [1.82, 2.24) is 0 Å². The van der Waals surface area contributed by atoms with E-state index in [0.717, 1.165) is 37.0 Å². The molecule has 3 heteroatoms. The van der Waals surface area contributed by atoms with Crippen LogP contribution in [-0.4, -0.2) is 29.2 Å². The van der Waals surface area contributed by atoms with E-state index in [4.69, 9.17) is 4.74 Å². The molecular formula is C22H34O3. The molecule has 3 nitrogen and oxygen atoms in total. The Morgan fingerprint density at radius 2 is 1.92 bits per heavy atom. The highest BCUT2D eigenvalue weighted by Crippen LogP contribution is 2.73. The summed E-state index contributed by atoms with van der Waals surface area (Å²) in [6.07, 6.45) is 9.32. The molecule has 0 aromatic rings. The highest BCUT2D eigenvalue weighted by atomic mass is 16.6. The first kappa shape index (κ1) is 16.7. The van der Waals surface area contributed by atoms with Crippen molar-refractivity contribution in [3.63, 3.8) is 0 Å². The van der Waals surface area contributed by atoms with Gasteiger partial charge >= 0.3 is 0 Å². The predicted octanol–water partition coefficient (Wildman–Crippen LogP) is 3.97. The minimum atomic E-state index is -0.0896. The van der Waals surface area contributed by atoms with Crippen molar-refractivity contribution < 1.29 is 14.6 Å². The Morgan fingerprint density at radius 3 is 2.68 bits per heavy atom. The van der Waals surface area contributed by atoms with Crippen molar-refractivity contribution in [3.05, 3.63) is 0 Å². The molecule has 0 bridgehead atoms. The molecule has 25 heavy (non-hydrogen) atoms. The third-order valence-electron chi connectivity index (χ3n) is 10.00. The number of Topliss-reactive ketones (excluding diaryl/α,β-unsaturated/α-hetero) is 1. The fourth-order valence-corrected chi connectivity index (χ4v) is 8.60. The van der Waals surface area contributed by atoms with Crippen LogP contribution in [0.2, 0.25) is 0 Å². The predicted molar refractivity (Wildman–Crippen MR) is 96.0 cm³/mol. The van der Waals surface area contributed by atoms with Gasteiger partial charge in [-0.2, -0.15) is 0 Å². The van der Waals surface area contributed by atoms with Gasteiger partial charge in [0.1, 0.15) is 11.7 Å². The number of aliphatic hydroxyl groups is 1. The number of hydrogen-bond acceptors (Lipinski definition) is 3. The summed E-state index contributed by atoms with van der Waals surface area (Å²) in [5.41, 5.74) is 0.544. The van der Waals surface area contributed by atoms with Gasteiger partial charge in [0.15, 0.2) is 5.78 Å². The van der Waals surface area contributed by atoms with E-state index in [9.17, 15) is 9.90 Å². The van der Waals surface area contributed by atoms with Gasteiger partial charge in [0.25, 0.3) is 0 Å². The second-order valence-electron chi connectivity index (χ2n) is 10.6. The van der Waals surface area contributed by atoms with Crippen LogP contribution >= 0.6 is 0 Å². The molecule has 0 radical (unpaired) electrons. The molecule has 0 amide bonds. The number of aliphatic hydroxyl groups excluding tert-OH is 1. The van der Waals surface area contributed by atoms with E-state index in [0.29, 0.717) is 29.6 Å². The monoisotopic (exact) mass is 346 g/mol. The zero-order chi connectivity index (χ0) is 17.6. The third kappa shape index (κ3) is 1.87. The summed E-state index contributed by atoms with van der Waals surface area (Å²) in [4.78, 5) is 12.2. The van der Waals surface area contributed by atoms with Gasteiger partial charge in [0.05, 0.1) is 0 Å². The highest BCUT2D eigenvalue weighted by molar-refractivity contribution is 5.88. The van der Waals surface area contributed by atoms with Gasteiger partial charge < -0.3 is 9.84 Å². The zero-order valence-electron chi connectivity index (χ0n) is 16.1. The summed E-state index contributed by atoms with van der Waals surface area (Å²) in [6.45, 7) is 7.57. The fourth-order valence-electron chi connectivity index (χ4n) is 8.60. The topological polar surface area (TPSA) is 49.8 Å². The molecule has 5 fully saturated rings. The molecule has 5 aliphatic rings. The van der Waals surface area contributed by atoms with Gasteiger partial charge in [0, 0.05) is 18.4 Å². The van der Waals surface area contributed by atoms with E-state index in [1.807, 2.05) is 0 Å². The maximum Gasteiger partial charge on any atom is 0.164 e. The van der Waals surface area contributed by atoms with Crippen molar-refractivity contribution in [2.24, 2.45) is 40.4 Å². The van der Waals surface area contributed by atoms with E-state index >= 15 is 0 Å². The standard InChI is InChI=1S/C22H34O3/c1-13(12-23)15-4-5-16-14-6-11-22-19(25-22)18(24)8-10-21(22,3)17(14)7-9-20(15,16)2/h13-17,19,23H,4-12H2,1-3H3/t13-,14+,15-,16+,17+,19?,20-,21-,22?/m1/s1. The molecule has 4 saturated carbocycles. The first-order valence-corrected chi connectivity index (χ1v) is 10.7. The Labute approximate surface area is 151 Å². The molecule has 0 aromatic heterocycles. The lowest BCUT2D eigenvalue weighted by molar-refractivity contribution is -0.132. The Bertz CT molecular complexity index is 602. The molecule has 5 rings (SSSR count). The average Bonchev–Trinajstić information content (AvgIpc) is 3.25. The molecule has 1 heterocycles.